The second kappa shape index (κ2) is 6.97. The van der Waals surface area contributed by atoms with Gasteiger partial charge in [0.2, 0.25) is 0 Å². The molecule has 0 aliphatic carbocycles. The summed E-state index contributed by atoms with van der Waals surface area (Å²) in [6.45, 7) is 2.10. The Labute approximate surface area is 155 Å². The molecule has 0 atom stereocenters. The maximum Gasteiger partial charge on any atom is 0.359 e. The minimum Gasteiger partial charge on any atom is -0.461 e. The molecule has 5 nitrogen and oxygen atoms in total. The highest BCUT2D eigenvalue weighted by Crippen LogP contribution is 2.43. The quantitative estimate of drug-likeness (QED) is 0.711. The number of aromatic nitrogens is 2. The van der Waals surface area contributed by atoms with Crippen LogP contribution in [0.3, 0.4) is 0 Å². The van der Waals surface area contributed by atoms with Crippen LogP contribution in [-0.4, -0.2) is 27.5 Å². The molecule has 2 aromatic carbocycles. The summed E-state index contributed by atoms with van der Waals surface area (Å²) in [5, 5.41) is 13.9. The zero-order valence-electron chi connectivity index (χ0n) is 14.3. The van der Waals surface area contributed by atoms with Crippen molar-refractivity contribution in [1.29, 1.82) is 0 Å². The van der Waals surface area contributed by atoms with Gasteiger partial charge in [0, 0.05) is 21.8 Å². The van der Waals surface area contributed by atoms with Crippen LogP contribution in [0.5, 0.6) is 0 Å². The van der Waals surface area contributed by atoms with E-state index in [4.69, 9.17) is 4.74 Å². The Kier molecular flexibility index (Phi) is 4.53. The van der Waals surface area contributed by atoms with Crippen molar-refractivity contribution in [2.75, 3.05) is 6.61 Å². The highest BCUT2D eigenvalue weighted by Gasteiger charge is 2.29. The van der Waals surface area contributed by atoms with Gasteiger partial charge in [-0.25, -0.2) is 9.48 Å². The van der Waals surface area contributed by atoms with E-state index in [1.165, 1.54) is 4.90 Å². The normalized spacial score (nSPS) is 12.4. The van der Waals surface area contributed by atoms with Crippen molar-refractivity contribution in [3.8, 4) is 16.9 Å². The third-order valence-electron chi connectivity index (χ3n) is 4.33. The van der Waals surface area contributed by atoms with Crippen LogP contribution in [0.1, 0.15) is 28.5 Å². The maximum absolute atomic E-state index is 12.4. The van der Waals surface area contributed by atoms with E-state index in [1.54, 1.807) is 23.4 Å². The Bertz CT molecular complexity index is 964. The zero-order valence-corrected chi connectivity index (χ0v) is 15.1. The van der Waals surface area contributed by atoms with Crippen molar-refractivity contribution < 1.29 is 14.6 Å². The van der Waals surface area contributed by atoms with Gasteiger partial charge in [-0.05, 0) is 30.7 Å². The molecule has 132 valence electrons. The van der Waals surface area contributed by atoms with Crippen molar-refractivity contribution in [3.05, 3.63) is 65.4 Å². The Hall–Kier alpha value is -2.57. The summed E-state index contributed by atoms with van der Waals surface area (Å²) < 4.78 is 7.02. The first-order valence-electron chi connectivity index (χ1n) is 8.44. The van der Waals surface area contributed by atoms with E-state index in [0.29, 0.717) is 18.1 Å². The van der Waals surface area contributed by atoms with Crippen LogP contribution in [0.2, 0.25) is 0 Å². The van der Waals surface area contributed by atoms with Crippen molar-refractivity contribution in [2.24, 2.45) is 0 Å². The fourth-order valence-electron chi connectivity index (χ4n) is 3.09. The first kappa shape index (κ1) is 16.9. The molecule has 0 amide bonds. The fraction of sp³-hybridized carbons (Fsp3) is 0.200. The number of aliphatic hydroxyl groups excluding tert-OH is 1. The molecule has 0 fully saturated rings. The highest BCUT2D eigenvalue weighted by atomic mass is 32.2. The number of hydrogen-bond acceptors (Lipinski definition) is 5. The monoisotopic (exact) mass is 366 g/mol. The van der Waals surface area contributed by atoms with Gasteiger partial charge in [0.1, 0.15) is 0 Å². The number of nitrogens with zero attached hydrogens (tertiary/aromatic N) is 2. The van der Waals surface area contributed by atoms with Gasteiger partial charge in [-0.2, -0.15) is 5.10 Å². The van der Waals surface area contributed by atoms with Crippen molar-refractivity contribution in [1.82, 2.24) is 9.78 Å². The van der Waals surface area contributed by atoms with Crippen molar-refractivity contribution in [3.63, 3.8) is 0 Å². The topological polar surface area (TPSA) is 64.3 Å². The molecule has 0 bridgehead atoms. The Balaban J connectivity index is 1.92. The lowest BCUT2D eigenvalue weighted by Crippen LogP contribution is -2.08. The van der Waals surface area contributed by atoms with Gasteiger partial charge in [0.05, 0.1) is 24.6 Å². The number of carbonyl (C=O) groups excluding carboxylic acids is 1. The van der Waals surface area contributed by atoms with Crippen molar-refractivity contribution in [2.45, 2.75) is 24.2 Å². The molecular weight excluding hydrogens is 348 g/mol. The lowest BCUT2D eigenvalue weighted by Gasteiger charge is -2.18. The smallest absolute Gasteiger partial charge is 0.359 e. The molecular formula is C20H18N2O3S. The summed E-state index contributed by atoms with van der Waals surface area (Å²) in [6.07, 6.45) is 0. The number of carbonyl (C=O) groups is 1. The summed E-state index contributed by atoms with van der Waals surface area (Å²) in [5.41, 5.74) is 4.94. The lowest BCUT2D eigenvalue weighted by atomic mass is 10.1. The molecule has 6 heteroatoms. The van der Waals surface area contributed by atoms with E-state index in [1.807, 2.05) is 36.4 Å². The first-order chi connectivity index (χ1) is 12.7. The number of hydrogen-bond donors (Lipinski definition) is 1. The van der Waals surface area contributed by atoms with Gasteiger partial charge >= 0.3 is 5.97 Å². The van der Waals surface area contributed by atoms with Crippen LogP contribution in [0.15, 0.2) is 53.4 Å². The highest BCUT2D eigenvalue weighted by molar-refractivity contribution is 7.98. The molecule has 4 rings (SSSR count). The molecule has 1 N–H and O–H groups in total. The van der Waals surface area contributed by atoms with E-state index in [0.717, 1.165) is 28.1 Å². The van der Waals surface area contributed by atoms with E-state index in [-0.39, 0.29) is 6.61 Å². The average Bonchev–Trinajstić information content (AvgIpc) is 3.08. The van der Waals surface area contributed by atoms with E-state index >= 15 is 0 Å². The molecule has 0 saturated heterocycles. The number of benzene rings is 2. The number of thioether (sulfide) groups is 1. The van der Waals surface area contributed by atoms with Gasteiger partial charge in [-0.1, -0.05) is 30.3 Å². The van der Waals surface area contributed by atoms with Crippen LogP contribution in [0, 0.1) is 0 Å². The maximum atomic E-state index is 12.4. The minimum atomic E-state index is -0.394. The zero-order chi connectivity index (χ0) is 18.1. The average molecular weight is 366 g/mol. The van der Waals surface area contributed by atoms with E-state index in [9.17, 15) is 9.90 Å². The molecule has 1 aromatic heterocycles. The predicted octanol–water partition coefficient (Wildman–Crippen LogP) is 3.81. The lowest BCUT2D eigenvalue weighted by molar-refractivity contribution is 0.0518. The first-order valence-corrected chi connectivity index (χ1v) is 9.43. The summed E-state index contributed by atoms with van der Waals surface area (Å²) >= 11 is 1.70. The Morgan fingerprint density at radius 1 is 1.23 bits per heavy atom. The van der Waals surface area contributed by atoms with Crippen LogP contribution in [0.25, 0.3) is 16.9 Å². The molecule has 0 radical (unpaired) electrons. The van der Waals surface area contributed by atoms with Gasteiger partial charge in [0.25, 0.3) is 0 Å². The molecule has 26 heavy (non-hydrogen) atoms. The third-order valence-corrected chi connectivity index (χ3v) is 5.43. The van der Waals surface area contributed by atoms with Gasteiger partial charge in [-0.15, -0.1) is 11.8 Å². The molecule has 0 spiro atoms. The number of aliphatic hydroxyl groups is 1. The number of ether oxygens (including phenoxy) is 1. The predicted molar refractivity (Wildman–Crippen MR) is 100 cm³/mol. The van der Waals surface area contributed by atoms with Gasteiger partial charge in [-0.3, -0.25) is 0 Å². The SMILES string of the molecule is CCOC(=O)c1nn(-c2ccc(CO)cc2)c2c1CSc1ccccc1-2. The van der Waals surface area contributed by atoms with Gasteiger partial charge < -0.3 is 9.84 Å². The second-order valence-corrected chi connectivity index (χ2v) is 6.93. The molecule has 0 saturated carbocycles. The molecule has 1 aliphatic heterocycles. The van der Waals surface area contributed by atoms with Crippen molar-refractivity contribution >= 4 is 17.7 Å². The number of esters is 1. The van der Waals surface area contributed by atoms with E-state index < -0.39 is 5.97 Å². The molecule has 2 heterocycles. The minimum absolute atomic E-state index is 0.00889. The summed E-state index contributed by atoms with van der Waals surface area (Å²) in [7, 11) is 0. The molecule has 1 aliphatic rings. The molecule has 3 aromatic rings. The van der Waals surface area contributed by atoms with E-state index in [2.05, 4.69) is 17.2 Å². The number of rotatable bonds is 4. The second-order valence-electron chi connectivity index (χ2n) is 5.92. The number of fused-ring (bicyclic) bond motifs is 3. The van der Waals surface area contributed by atoms with Crippen LogP contribution >= 0.6 is 11.8 Å². The summed E-state index contributed by atoms with van der Waals surface area (Å²) in [6, 6.07) is 15.7. The third kappa shape index (κ3) is 2.81. The van der Waals surface area contributed by atoms with Gasteiger partial charge in [0.15, 0.2) is 5.69 Å². The standard InChI is InChI=1S/C20H18N2O3S/c1-2-25-20(24)18-16-12-26-17-6-4-3-5-15(17)19(16)22(21-18)14-9-7-13(11-23)8-10-14/h3-10,23H,2,11-12H2,1H3. The summed E-state index contributed by atoms with van der Waals surface area (Å²) in [5.74, 6) is 0.282. The Morgan fingerprint density at radius 2 is 2.00 bits per heavy atom. The Morgan fingerprint density at radius 3 is 2.73 bits per heavy atom. The largest absolute Gasteiger partial charge is 0.461 e. The fourth-order valence-corrected chi connectivity index (χ4v) is 4.16. The van der Waals surface area contributed by atoms with Crippen LogP contribution in [-0.2, 0) is 17.1 Å². The van der Waals surface area contributed by atoms with Crippen LogP contribution < -0.4 is 0 Å². The summed E-state index contributed by atoms with van der Waals surface area (Å²) in [4.78, 5) is 13.6. The van der Waals surface area contributed by atoms with Crippen LogP contribution in [0.4, 0.5) is 0 Å². The molecule has 0 unspecified atom stereocenters.